The molecule has 0 bridgehead atoms. The Balaban J connectivity index is 1.73. The number of carbonyl (C=O) groups excluding carboxylic acids is 1. The number of ether oxygens (including phenoxy) is 2. The normalized spacial score (nSPS) is 22.0. The van der Waals surface area contributed by atoms with Gasteiger partial charge in [0.15, 0.2) is 0 Å². The van der Waals surface area contributed by atoms with Crippen LogP contribution in [0.25, 0.3) is 0 Å². The molecular formula is C16H24N2O3. The van der Waals surface area contributed by atoms with Crippen LogP contribution >= 0.6 is 0 Å². The Kier molecular flexibility index (Phi) is 6.17. The van der Waals surface area contributed by atoms with Gasteiger partial charge in [0.2, 0.25) is 5.91 Å². The number of rotatable bonds is 6. The number of methoxy groups -OCH3 is 1. The first kappa shape index (κ1) is 15.9. The molecule has 1 saturated carbocycles. The van der Waals surface area contributed by atoms with Crippen LogP contribution in [0.1, 0.15) is 31.2 Å². The largest absolute Gasteiger partial charge is 0.381 e. The second-order valence-corrected chi connectivity index (χ2v) is 5.41. The molecule has 1 fully saturated rings. The molecule has 0 saturated heterocycles. The lowest BCUT2D eigenvalue weighted by Crippen LogP contribution is -2.30. The summed E-state index contributed by atoms with van der Waals surface area (Å²) in [5, 5.41) is 2.82. The molecule has 3 N–H and O–H groups in total. The van der Waals surface area contributed by atoms with Crippen LogP contribution in [0.3, 0.4) is 0 Å². The third-order valence-corrected chi connectivity index (χ3v) is 3.83. The van der Waals surface area contributed by atoms with Crippen LogP contribution < -0.4 is 11.1 Å². The highest BCUT2D eigenvalue weighted by Crippen LogP contribution is 2.23. The summed E-state index contributed by atoms with van der Waals surface area (Å²) in [5.41, 5.74) is 7.34. The zero-order chi connectivity index (χ0) is 15.1. The molecule has 1 aliphatic carbocycles. The van der Waals surface area contributed by atoms with Gasteiger partial charge in [-0.05, 0) is 43.4 Å². The van der Waals surface area contributed by atoms with Gasteiger partial charge in [-0.25, -0.2) is 0 Å². The molecule has 1 aliphatic rings. The zero-order valence-electron chi connectivity index (χ0n) is 12.5. The van der Waals surface area contributed by atoms with Crippen molar-refractivity contribution in [1.29, 1.82) is 0 Å². The summed E-state index contributed by atoms with van der Waals surface area (Å²) in [5.74, 6) is -0.130. The van der Waals surface area contributed by atoms with E-state index in [4.69, 9.17) is 15.2 Å². The Labute approximate surface area is 125 Å². The van der Waals surface area contributed by atoms with Crippen molar-refractivity contribution in [3.8, 4) is 0 Å². The third kappa shape index (κ3) is 5.12. The SMILES string of the molecule is COC1CCCC(OCC(=O)Nc2ccc(CN)cc2)C1. The van der Waals surface area contributed by atoms with E-state index >= 15 is 0 Å². The second kappa shape index (κ2) is 8.12. The van der Waals surface area contributed by atoms with Gasteiger partial charge in [-0.2, -0.15) is 0 Å². The number of benzene rings is 1. The van der Waals surface area contributed by atoms with Crippen molar-refractivity contribution in [2.75, 3.05) is 19.0 Å². The summed E-state index contributed by atoms with van der Waals surface area (Å²) in [6.45, 7) is 0.583. The second-order valence-electron chi connectivity index (χ2n) is 5.41. The maximum atomic E-state index is 11.9. The highest BCUT2D eigenvalue weighted by Gasteiger charge is 2.22. The van der Waals surface area contributed by atoms with Crippen molar-refractivity contribution in [3.05, 3.63) is 29.8 Å². The first-order valence-electron chi connectivity index (χ1n) is 7.44. The number of carbonyl (C=O) groups is 1. The minimum atomic E-state index is -0.130. The molecule has 1 amide bonds. The number of amides is 1. The monoisotopic (exact) mass is 292 g/mol. The van der Waals surface area contributed by atoms with Gasteiger partial charge >= 0.3 is 0 Å². The van der Waals surface area contributed by atoms with E-state index in [0.29, 0.717) is 6.54 Å². The highest BCUT2D eigenvalue weighted by atomic mass is 16.5. The van der Waals surface area contributed by atoms with Gasteiger partial charge in [0, 0.05) is 19.3 Å². The number of hydrogen-bond donors (Lipinski definition) is 2. The quantitative estimate of drug-likeness (QED) is 0.841. The third-order valence-electron chi connectivity index (χ3n) is 3.83. The van der Waals surface area contributed by atoms with Gasteiger partial charge in [-0.15, -0.1) is 0 Å². The minimum Gasteiger partial charge on any atom is -0.381 e. The number of nitrogens with two attached hydrogens (primary N) is 1. The first-order chi connectivity index (χ1) is 10.2. The van der Waals surface area contributed by atoms with E-state index in [9.17, 15) is 4.79 Å². The maximum Gasteiger partial charge on any atom is 0.250 e. The molecular weight excluding hydrogens is 268 g/mol. The zero-order valence-corrected chi connectivity index (χ0v) is 12.5. The Bertz CT molecular complexity index is 447. The molecule has 116 valence electrons. The van der Waals surface area contributed by atoms with Crippen molar-refractivity contribution in [2.45, 2.75) is 44.4 Å². The van der Waals surface area contributed by atoms with Crippen molar-refractivity contribution >= 4 is 11.6 Å². The van der Waals surface area contributed by atoms with Crippen molar-refractivity contribution in [2.24, 2.45) is 5.73 Å². The van der Waals surface area contributed by atoms with E-state index in [1.165, 1.54) is 0 Å². The van der Waals surface area contributed by atoms with Crippen molar-refractivity contribution in [1.82, 2.24) is 0 Å². The van der Waals surface area contributed by atoms with E-state index in [-0.39, 0.29) is 24.7 Å². The molecule has 0 heterocycles. The fourth-order valence-corrected chi connectivity index (χ4v) is 2.58. The molecule has 2 rings (SSSR count). The summed E-state index contributed by atoms with van der Waals surface area (Å²) >= 11 is 0. The molecule has 5 nitrogen and oxygen atoms in total. The van der Waals surface area contributed by atoms with E-state index < -0.39 is 0 Å². The summed E-state index contributed by atoms with van der Waals surface area (Å²) in [4.78, 5) is 11.9. The molecule has 0 aliphatic heterocycles. The van der Waals surface area contributed by atoms with Crippen LogP contribution in [0.15, 0.2) is 24.3 Å². The molecule has 2 atom stereocenters. The van der Waals surface area contributed by atoms with E-state index in [1.54, 1.807) is 7.11 Å². The summed E-state index contributed by atoms with van der Waals surface area (Å²) in [6, 6.07) is 7.50. The van der Waals surface area contributed by atoms with Gasteiger partial charge in [0.1, 0.15) is 6.61 Å². The van der Waals surface area contributed by atoms with Crippen LogP contribution in [-0.2, 0) is 20.8 Å². The Hall–Kier alpha value is -1.43. The van der Waals surface area contributed by atoms with Crippen LogP contribution in [0.2, 0.25) is 0 Å². The van der Waals surface area contributed by atoms with E-state index in [0.717, 1.165) is 36.9 Å². The lowest BCUT2D eigenvalue weighted by atomic mass is 9.95. The fourth-order valence-electron chi connectivity index (χ4n) is 2.58. The van der Waals surface area contributed by atoms with Gasteiger partial charge in [0.25, 0.3) is 0 Å². The van der Waals surface area contributed by atoms with Gasteiger partial charge in [-0.1, -0.05) is 12.1 Å². The summed E-state index contributed by atoms with van der Waals surface area (Å²) in [7, 11) is 1.73. The van der Waals surface area contributed by atoms with Gasteiger partial charge in [-0.3, -0.25) is 4.79 Å². The van der Waals surface area contributed by atoms with Crippen molar-refractivity contribution < 1.29 is 14.3 Å². The molecule has 1 aromatic carbocycles. The lowest BCUT2D eigenvalue weighted by Gasteiger charge is -2.27. The maximum absolute atomic E-state index is 11.9. The topological polar surface area (TPSA) is 73.6 Å². The fraction of sp³-hybridized carbons (Fsp3) is 0.562. The van der Waals surface area contributed by atoms with E-state index in [1.807, 2.05) is 24.3 Å². The molecule has 0 spiro atoms. The average Bonchev–Trinajstić information content (AvgIpc) is 2.54. The molecule has 1 aromatic rings. The Morgan fingerprint density at radius 1 is 1.29 bits per heavy atom. The number of hydrogen-bond acceptors (Lipinski definition) is 4. The predicted molar refractivity (Wildman–Crippen MR) is 82.0 cm³/mol. The van der Waals surface area contributed by atoms with Gasteiger partial charge in [0.05, 0.1) is 12.2 Å². The van der Waals surface area contributed by atoms with Crippen LogP contribution in [0.5, 0.6) is 0 Å². The summed E-state index contributed by atoms with van der Waals surface area (Å²) in [6.07, 6.45) is 4.42. The molecule has 2 unspecified atom stereocenters. The molecule has 0 aromatic heterocycles. The first-order valence-corrected chi connectivity index (χ1v) is 7.44. The van der Waals surface area contributed by atoms with Crippen molar-refractivity contribution in [3.63, 3.8) is 0 Å². The van der Waals surface area contributed by atoms with Crippen LogP contribution in [0.4, 0.5) is 5.69 Å². The Morgan fingerprint density at radius 2 is 2.00 bits per heavy atom. The highest BCUT2D eigenvalue weighted by molar-refractivity contribution is 5.91. The standard InChI is InChI=1S/C16H24N2O3/c1-20-14-3-2-4-15(9-14)21-11-16(19)18-13-7-5-12(10-17)6-8-13/h5-8,14-15H,2-4,9-11,17H2,1H3,(H,18,19). The molecule has 5 heteroatoms. The predicted octanol–water partition coefficient (Wildman–Crippen LogP) is 2.06. The van der Waals surface area contributed by atoms with Gasteiger partial charge < -0.3 is 20.5 Å². The number of nitrogens with one attached hydrogen (secondary N) is 1. The minimum absolute atomic E-state index is 0.0831. The smallest absolute Gasteiger partial charge is 0.250 e. The van der Waals surface area contributed by atoms with Crippen LogP contribution in [-0.4, -0.2) is 31.8 Å². The Morgan fingerprint density at radius 3 is 2.67 bits per heavy atom. The summed E-state index contributed by atoms with van der Waals surface area (Å²) < 4.78 is 11.0. The average molecular weight is 292 g/mol. The number of anilines is 1. The molecule has 21 heavy (non-hydrogen) atoms. The lowest BCUT2D eigenvalue weighted by molar-refractivity contribution is -0.124. The molecule has 0 radical (unpaired) electrons. The van der Waals surface area contributed by atoms with E-state index in [2.05, 4.69) is 5.32 Å². The van der Waals surface area contributed by atoms with Crippen LogP contribution in [0, 0.1) is 0 Å².